The van der Waals surface area contributed by atoms with Crippen LogP contribution in [0.4, 0.5) is 4.39 Å². The highest BCUT2D eigenvalue weighted by atomic mass is 35.5. The van der Waals surface area contributed by atoms with Gasteiger partial charge in [-0.25, -0.2) is 4.39 Å². The Bertz CT molecular complexity index is 604. The van der Waals surface area contributed by atoms with Crippen LogP contribution in [0.1, 0.15) is 31.1 Å². The smallest absolute Gasteiger partial charge is 0.138 e. The summed E-state index contributed by atoms with van der Waals surface area (Å²) in [4.78, 5) is 4.03. The molecule has 1 unspecified atom stereocenters. The van der Waals surface area contributed by atoms with Crippen molar-refractivity contribution in [1.29, 1.82) is 0 Å². The van der Waals surface area contributed by atoms with E-state index in [2.05, 4.69) is 4.98 Å². The average molecular weight is 296 g/mol. The summed E-state index contributed by atoms with van der Waals surface area (Å²) in [6, 6.07) is 5.57. The number of hydrogen-bond acceptors (Lipinski definition) is 3. The van der Waals surface area contributed by atoms with E-state index in [0.717, 1.165) is 0 Å². The Morgan fingerprint density at radius 2 is 2.00 bits per heavy atom. The molecule has 1 N–H and O–H groups in total. The Kier molecular flexibility index (Phi) is 4.57. The molecule has 0 aliphatic heterocycles. The van der Waals surface area contributed by atoms with E-state index in [0.29, 0.717) is 16.9 Å². The number of halogens is 2. The summed E-state index contributed by atoms with van der Waals surface area (Å²) in [5.74, 6) is 0.121. The van der Waals surface area contributed by atoms with Crippen molar-refractivity contribution in [2.75, 3.05) is 0 Å². The van der Waals surface area contributed by atoms with E-state index in [4.69, 9.17) is 16.3 Å². The molecule has 2 aromatic rings. The molecule has 0 aliphatic rings. The first kappa shape index (κ1) is 14.8. The fraction of sp³-hybridized carbons (Fsp3) is 0.267. The van der Waals surface area contributed by atoms with Crippen molar-refractivity contribution in [3.8, 4) is 5.75 Å². The SMILES string of the molecule is CC(C)Oc1cncc(C(O)c2ccc(F)cc2Cl)c1. The molecule has 0 fully saturated rings. The molecule has 0 aliphatic carbocycles. The summed E-state index contributed by atoms with van der Waals surface area (Å²) < 4.78 is 18.5. The zero-order valence-corrected chi connectivity index (χ0v) is 11.9. The van der Waals surface area contributed by atoms with Crippen molar-refractivity contribution < 1.29 is 14.2 Å². The minimum Gasteiger partial charge on any atom is -0.489 e. The first-order valence-electron chi connectivity index (χ1n) is 6.22. The van der Waals surface area contributed by atoms with Crippen molar-refractivity contribution >= 4 is 11.6 Å². The molecular formula is C15H15ClFNO2. The van der Waals surface area contributed by atoms with Gasteiger partial charge in [0, 0.05) is 22.3 Å². The molecule has 1 aromatic heterocycles. The molecule has 1 aromatic carbocycles. The van der Waals surface area contributed by atoms with Crippen LogP contribution in [0.3, 0.4) is 0 Å². The van der Waals surface area contributed by atoms with Gasteiger partial charge >= 0.3 is 0 Å². The zero-order valence-electron chi connectivity index (χ0n) is 11.2. The summed E-state index contributed by atoms with van der Waals surface area (Å²) >= 11 is 5.95. The van der Waals surface area contributed by atoms with Crippen molar-refractivity contribution in [1.82, 2.24) is 4.98 Å². The van der Waals surface area contributed by atoms with Crippen LogP contribution in [-0.2, 0) is 0 Å². The third kappa shape index (κ3) is 3.46. The van der Waals surface area contributed by atoms with Crippen LogP contribution in [0.15, 0.2) is 36.7 Å². The molecular weight excluding hydrogens is 281 g/mol. The lowest BCUT2D eigenvalue weighted by molar-refractivity contribution is 0.215. The lowest BCUT2D eigenvalue weighted by atomic mass is 10.0. The number of aliphatic hydroxyl groups excluding tert-OH is 1. The second-order valence-electron chi connectivity index (χ2n) is 4.69. The van der Waals surface area contributed by atoms with Crippen molar-refractivity contribution in [3.63, 3.8) is 0 Å². The molecule has 106 valence electrons. The number of pyridine rings is 1. The van der Waals surface area contributed by atoms with Gasteiger partial charge < -0.3 is 9.84 Å². The number of ether oxygens (including phenoxy) is 1. The van der Waals surface area contributed by atoms with Gasteiger partial charge in [-0.3, -0.25) is 4.98 Å². The molecule has 2 rings (SSSR count). The van der Waals surface area contributed by atoms with Gasteiger partial charge in [-0.05, 0) is 32.0 Å². The lowest BCUT2D eigenvalue weighted by Crippen LogP contribution is -2.07. The Labute approximate surface area is 122 Å². The minimum absolute atomic E-state index is 0.0126. The van der Waals surface area contributed by atoms with Gasteiger partial charge in [0.25, 0.3) is 0 Å². The third-order valence-electron chi connectivity index (χ3n) is 2.68. The van der Waals surface area contributed by atoms with Gasteiger partial charge in [0.2, 0.25) is 0 Å². The highest BCUT2D eigenvalue weighted by Gasteiger charge is 2.16. The van der Waals surface area contributed by atoms with E-state index in [1.165, 1.54) is 24.4 Å². The van der Waals surface area contributed by atoms with Crippen LogP contribution in [0, 0.1) is 5.82 Å². The molecule has 3 nitrogen and oxygen atoms in total. The van der Waals surface area contributed by atoms with Gasteiger partial charge in [-0.15, -0.1) is 0 Å². The van der Waals surface area contributed by atoms with Crippen molar-refractivity contribution in [2.45, 2.75) is 26.1 Å². The standard InChI is InChI=1S/C15H15ClFNO2/c1-9(2)20-12-5-10(7-18-8-12)15(19)13-4-3-11(17)6-14(13)16/h3-9,15,19H,1-2H3. The van der Waals surface area contributed by atoms with Gasteiger partial charge in [-0.1, -0.05) is 17.7 Å². The lowest BCUT2D eigenvalue weighted by Gasteiger charge is -2.15. The normalized spacial score (nSPS) is 12.5. The van der Waals surface area contributed by atoms with Crippen LogP contribution in [0.2, 0.25) is 5.02 Å². The number of aromatic nitrogens is 1. The van der Waals surface area contributed by atoms with E-state index in [1.807, 2.05) is 13.8 Å². The van der Waals surface area contributed by atoms with Crippen molar-refractivity contribution in [3.05, 3.63) is 58.6 Å². The highest BCUT2D eigenvalue weighted by Crippen LogP contribution is 2.30. The molecule has 5 heteroatoms. The van der Waals surface area contributed by atoms with Crippen LogP contribution in [-0.4, -0.2) is 16.2 Å². The summed E-state index contributed by atoms with van der Waals surface area (Å²) in [6.45, 7) is 3.81. The Hall–Kier alpha value is -1.65. The Balaban J connectivity index is 2.30. The number of rotatable bonds is 4. The molecule has 0 radical (unpaired) electrons. The van der Waals surface area contributed by atoms with E-state index in [1.54, 1.807) is 12.3 Å². The molecule has 0 amide bonds. The molecule has 1 atom stereocenters. The number of hydrogen-bond donors (Lipinski definition) is 1. The molecule has 20 heavy (non-hydrogen) atoms. The zero-order chi connectivity index (χ0) is 14.7. The second kappa shape index (κ2) is 6.20. The quantitative estimate of drug-likeness (QED) is 0.934. The summed E-state index contributed by atoms with van der Waals surface area (Å²) in [6.07, 6.45) is 2.13. The number of aliphatic hydroxyl groups is 1. The maximum Gasteiger partial charge on any atom is 0.138 e. The van der Waals surface area contributed by atoms with E-state index >= 15 is 0 Å². The van der Waals surface area contributed by atoms with E-state index < -0.39 is 11.9 Å². The van der Waals surface area contributed by atoms with Crippen LogP contribution < -0.4 is 4.74 Å². The first-order chi connectivity index (χ1) is 9.47. The van der Waals surface area contributed by atoms with Gasteiger partial charge in [0.05, 0.1) is 12.3 Å². The maximum atomic E-state index is 13.0. The Morgan fingerprint density at radius 1 is 1.25 bits per heavy atom. The first-order valence-corrected chi connectivity index (χ1v) is 6.60. The summed E-state index contributed by atoms with van der Waals surface area (Å²) in [5, 5.41) is 10.5. The minimum atomic E-state index is -0.980. The number of nitrogens with zero attached hydrogens (tertiary/aromatic N) is 1. The third-order valence-corrected chi connectivity index (χ3v) is 3.01. The fourth-order valence-corrected chi connectivity index (χ4v) is 2.10. The monoisotopic (exact) mass is 295 g/mol. The second-order valence-corrected chi connectivity index (χ2v) is 5.10. The molecule has 0 bridgehead atoms. The highest BCUT2D eigenvalue weighted by molar-refractivity contribution is 6.31. The maximum absolute atomic E-state index is 13.0. The molecule has 0 spiro atoms. The molecule has 0 saturated heterocycles. The largest absolute Gasteiger partial charge is 0.489 e. The number of benzene rings is 1. The fourth-order valence-electron chi connectivity index (χ4n) is 1.82. The molecule has 1 heterocycles. The summed E-state index contributed by atoms with van der Waals surface area (Å²) in [5.41, 5.74) is 0.966. The van der Waals surface area contributed by atoms with Gasteiger partial charge in [-0.2, -0.15) is 0 Å². The van der Waals surface area contributed by atoms with Crippen molar-refractivity contribution in [2.24, 2.45) is 0 Å². The predicted octanol–water partition coefficient (Wildman–Crippen LogP) is 3.74. The van der Waals surface area contributed by atoms with Crippen LogP contribution in [0.25, 0.3) is 0 Å². The van der Waals surface area contributed by atoms with E-state index in [-0.39, 0.29) is 11.1 Å². The van der Waals surface area contributed by atoms with Gasteiger partial charge in [0.15, 0.2) is 0 Å². The topological polar surface area (TPSA) is 42.4 Å². The summed E-state index contributed by atoms with van der Waals surface area (Å²) in [7, 11) is 0. The van der Waals surface area contributed by atoms with Crippen LogP contribution >= 0.6 is 11.6 Å². The predicted molar refractivity (Wildman–Crippen MR) is 75.5 cm³/mol. The average Bonchev–Trinajstić information content (AvgIpc) is 2.37. The van der Waals surface area contributed by atoms with Gasteiger partial charge in [0.1, 0.15) is 17.7 Å². The van der Waals surface area contributed by atoms with Crippen LogP contribution in [0.5, 0.6) is 5.75 Å². The molecule has 0 saturated carbocycles. The Morgan fingerprint density at radius 3 is 2.65 bits per heavy atom. The van der Waals surface area contributed by atoms with E-state index in [9.17, 15) is 9.50 Å².